The third kappa shape index (κ3) is 4.80. The molecule has 0 aliphatic rings. The summed E-state index contributed by atoms with van der Waals surface area (Å²) in [4.78, 5) is 23.8. The molecule has 0 saturated heterocycles. The molecule has 6 heteroatoms. The maximum atomic E-state index is 12.0. The molecule has 0 amide bonds. The van der Waals surface area contributed by atoms with Gasteiger partial charge in [0.1, 0.15) is 12.3 Å². The molecule has 0 aliphatic heterocycles. The largest absolute Gasteiger partial charge is 0.459 e. The fraction of sp³-hybridized carbons (Fsp3) is 0.150. The van der Waals surface area contributed by atoms with E-state index in [-0.39, 0.29) is 25.2 Å². The van der Waals surface area contributed by atoms with Crippen molar-refractivity contribution < 1.29 is 18.8 Å². The molecule has 0 bridgehead atoms. The zero-order valence-electron chi connectivity index (χ0n) is 13.9. The lowest BCUT2D eigenvalue weighted by molar-refractivity contribution is -0.145. The fourth-order valence-electron chi connectivity index (χ4n) is 2.34. The van der Waals surface area contributed by atoms with Gasteiger partial charge in [-0.1, -0.05) is 47.1 Å². The Morgan fingerprint density at radius 1 is 1.00 bits per heavy atom. The van der Waals surface area contributed by atoms with Crippen LogP contribution in [0.4, 0.5) is 0 Å². The number of hydrogen-bond donors (Lipinski definition) is 0. The highest BCUT2D eigenvalue weighted by molar-refractivity contribution is 6.30. The number of carbonyl (C=O) groups excluding carboxylic acids is 2. The number of esters is 1. The number of rotatable bonds is 7. The van der Waals surface area contributed by atoms with Crippen LogP contribution < -0.4 is 0 Å². The Balaban J connectivity index is 1.46. The van der Waals surface area contributed by atoms with Gasteiger partial charge in [-0.2, -0.15) is 0 Å². The van der Waals surface area contributed by atoms with E-state index in [1.165, 1.54) is 0 Å². The first kappa shape index (κ1) is 17.9. The van der Waals surface area contributed by atoms with Gasteiger partial charge in [0, 0.05) is 28.6 Å². The SMILES string of the molecule is O=C(CCC(=O)c1ccc(Cl)cc1)OCc1cc(-c2ccccc2)on1. The van der Waals surface area contributed by atoms with Gasteiger partial charge in [-0.15, -0.1) is 0 Å². The Morgan fingerprint density at radius 2 is 1.73 bits per heavy atom. The van der Waals surface area contributed by atoms with E-state index in [0.717, 1.165) is 5.56 Å². The van der Waals surface area contributed by atoms with Gasteiger partial charge >= 0.3 is 5.97 Å². The molecule has 0 unspecified atom stereocenters. The number of halogens is 1. The molecule has 1 heterocycles. The highest BCUT2D eigenvalue weighted by Gasteiger charge is 2.12. The summed E-state index contributed by atoms with van der Waals surface area (Å²) in [6, 6.07) is 17.8. The average Bonchev–Trinajstić information content (AvgIpc) is 3.15. The highest BCUT2D eigenvalue weighted by atomic mass is 35.5. The molecule has 1 aromatic heterocycles. The first-order chi connectivity index (χ1) is 12.6. The summed E-state index contributed by atoms with van der Waals surface area (Å²) >= 11 is 5.79. The van der Waals surface area contributed by atoms with Crippen LogP contribution >= 0.6 is 11.6 Å². The lowest BCUT2D eigenvalue weighted by Gasteiger charge is -2.03. The van der Waals surface area contributed by atoms with Gasteiger partial charge in [0.05, 0.1) is 6.42 Å². The van der Waals surface area contributed by atoms with E-state index in [0.29, 0.717) is 22.0 Å². The summed E-state index contributed by atoms with van der Waals surface area (Å²) in [6.45, 7) is 0.00427. The van der Waals surface area contributed by atoms with Gasteiger partial charge in [-0.3, -0.25) is 9.59 Å². The van der Waals surface area contributed by atoms with Crippen molar-refractivity contribution in [2.45, 2.75) is 19.4 Å². The molecule has 0 N–H and O–H groups in total. The minimum absolute atomic E-state index is 0.00427. The van der Waals surface area contributed by atoms with E-state index in [2.05, 4.69) is 5.16 Å². The van der Waals surface area contributed by atoms with Gasteiger partial charge in [0.15, 0.2) is 11.5 Å². The molecule has 26 heavy (non-hydrogen) atoms. The number of benzene rings is 2. The van der Waals surface area contributed by atoms with Crippen molar-refractivity contribution in [1.29, 1.82) is 0 Å². The topological polar surface area (TPSA) is 69.4 Å². The van der Waals surface area contributed by atoms with E-state index in [4.69, 9.17) is 20.9 Å². The van der Waals surface area contributed by atoms with Crippen LogP contribution in [-0.2, 0) is 16.1 Å². The summed E-state index contributed by atoms with van der Waals surface area (Å²) in [5.41, 5.74) is 1.93. The van der Waals surface area contributed by atoms with Gasteiger partial charge < -0.3 is 9.26 Å². The lowest BCUT2D eigenvalue weighted by Crippen LogP contribution is -2.08. The van der Waals surface area contributed by atoms with Crippen molar-refractivity contribution >= 4 is 23.4 Å². The van der Waals surface area contributed by atoms with Gasteiger partial charge in [-0.25, -0.2) is 0 Å². The molecule has 132 valence electrons. The smallest absolute Gasteiger partial charge is 0.306 e. The normalized spacial score (nSPS) is 10.5. The van der Waals surface area contributed by atoms with Crippen molar-refractivity contribution in [2.75, 3.05) is 0 Å². The first-order valence-corrected chi connectivity index (χ1v) is 8.45. The van der Waals surface area contributed by atoms with Crippen LogP contribution in [0.5, 0.6) is 0 Å². The van der Waals surface area contributed by atoms with Crippen LogP contribution in [0.15, 0.2) is 65.2 Å². The summed E-state index contributed by atoms with van der Waals surface area (Å²) < 4.78 is 10.4. The Bertz CT molecular complexity index is 888. The molecule has 0 saturated carbocycles. The van der Waals surface area contributed by atoms with Crippen molar-refractivity contribution in [3.05, 3.63) is 76.9 Å². The number of carbonyl (C=O) groups is 2. The molecular formula is C20H16ClNO4. The Kier molecular flexibility index (Phi) is 5.81. The molecule has 0 atom stereocenters. The summed E-state index contributed by atoms with van der Waals surface area (Å²) in [5, 5.41) is 4.44. The summed E-state index contributed by atoms with van der Waals surface area (Å²) in [7, 11) is 0. The van der Waals surface area contributed by atoms with Crippen molar-refractivity contribution in [2.24, 2.45) is 0 Å². The van der Waals surface area contributed by atoms with Crippen molar-refractivity contribution in [3.8, 4) is 11.3 Å². The van der Waals surface area contributed by atoms with E-state index < -0.39 is 5.97 Å². The zero-order chi connectivity index (χ0) is 18.4. The molecule has 3 aromatic rings. The average molecular weight is 370 g/mol. The van der Waals surface area contributed by atoms with Crippen LogP contribution in [0, 0.1) is 0 Å². The molecule has 2 aromatic carbocycles. The Morgan fingerprint density at radius 3 is 2.46 bits per heavy atom. The number of ketones is 1. The number of aromatic nitrogens is 1. The molecular weight excluding hydrogens is 354 g/mol. The second kappa shape index (κ2) is 8.45. The number of nitrogens with zero attached hydrogens (tertiary/aromatic N) is 1. The zero-order valence-corrected chi connectivity index (χ0v) is 14.6. The van der Waals surface area contributed by atoms with Crippen molar-refractivity contribution in [3.63, 3.8) is 0 Å². The van der Waals surface area contributed by atoms with E-state index in [1.807, 2.05) is 30.3 Å². The van der Waals surface area contributed by atoms with Crippen LogP contribution in [0.25, 0.3) is 11.3 Å². The molecule has 5 nitrogen and oxygen atoms in total. The first-order valence-electron chi connectivity index (χ1n) is 8.07. The maximum absolute atomic E-state index is 12.0. The molecule has 3 rings (SSSR count). The van der Waals surface area contributed by atoms with Crippen LogP contribution in [0.3, 0.4) is 0 Å². The van der Waals surface area contributed by atoms with Crippen molar-refractivity contribution in [1.82, 2.24) is 5.16 Å². The quantitative estimate of drug-likeness (QED) is 0.446. The number of Topliss-reactive ketones (excluding diaryl/α,β-unsaturated/α-hetero) is 1. The third-order valence-electron chi connectivity index (χ3n) is 3.72. The minimum Gasteiger partial charge on any atom is -0.459 e. The van der Waals surface area contributed by atoms with E-state index in [9.17, 15) is 9.59 Å². The molecule has 0 spiro atoms. The van der Waals surface area contributed by atoms with Crippen LogP contribution in [0.1, 0.15) is 28.9 Å². The van der Waals surface area contributed by atoms with E-state index >= 15 is 0 Å². The molecule has 0 radical (unpaired) electrons. The van der Waals surface area contributed by atoms with Gasteiger partial charge in [0.2, 0.25) is 0 Å². The van der Waals surface area contributed by atoms with E-state index in [1.54, 1.807) is 30.3 Å². The minimum atomic E-state index is -0.462. The second-order valence-electron chi connectivity index (χ2n) is 5.64. The van der Waals surface area contributed by atoms with Crippen LogP contribution in [0.2, 0.25) is 5.02 Å². The predicted molar refractivity (Wildman–Crippen MR) is 96.8 cm³/mol. The number of hydrogen-bond acceptors (Lipinski definition) is 5. The predicted octanol–water partition coefficient (Wildman–Crippen LogP) is 4.70. The third-order valence-corrected chi connectivity index (χ3v) is 3.97. The standard InChI is InChI=1S/C20H16ClNO4/c21-16-8-6-14(7-9-16)18(23)10-11-20(24)25-13-17-12-19(26-22-17)15-4-2-1-3-5-15/h1-9,12H,10-11,13H2. The summed E-state index contributed by atoms with van der Waals surface area (Å²) in [6.07, 6.45) is 0.0827. The molecule has 0 fully saturated rings. The monoisotopic (exact) mass is 369 g/mol. The number of ether oxygens (including phenoxy) is 1. The Labute approximate surface area is 155 Å². The molecule has 0 aliphatic carbocycles. The maximum Gasteiger partial charge on any atom is 0.306 e. The fourth-order valence-corrected chi connectivity index (χ4v) is 2.47. The van der Waals surface area contributed by atoms with Gasteiger partial charge in [0.25, 0.3) is 0 Å². The van der Waals surface area contributed by atoms with Gasteiger partial charge in [-0.05, 0) is 24.3 Å². The lowest BCUT2D eigenvalue weighted by atomic mass is 10.1. The highest BCUT2D eigenvalue weighted by Crippen LogP contribution is 2.20. The second-order valence-corrected chi connectivity index (χ2v) is 6.08. The van der Waals surface area contributed by atoms with Crippen LogP contribution in [-0.4, -0.2) is 16.9 Å². The Hall–Kier alpha value is -2.92. The summed E-state index contributed by atoms with van der Waals surface area (Å²) in [5.74, 6) is 0.0116.